The highest BCUT2D eigenvalue weighted by Gasteiger charge is 2.12. The molecule has 0 aliphatic carbocycles. The summed E-state index contributed by atoms with van der Waals surface area (Å²) in [6.07, 6.45) is 1.70. The van der Waals surface area contributed by atoms with Crippen LogP contribution in [-0.4, -0.2) is 14.7 Å². The second-order valence-corrected chi connectivity index (χ2v) is 6.03. The van der Waals surface area contributed by atoms with Crippen molar-refractivity contribution < 1.29 is 5.11 Å². The Morgan fingerprint density at radius 3 is 2.81 bits per heavy atom. The van der Waals surface area contributed by atoms with Gasteiger partial charge in [-0.15, -0.1) is 11.3 Å². The second kappa shape index (κ2) is 5.79. The first-order chi connectivity index (χ1) is 10.2. The minimum atomic E-state index is -0.715. The zero-order valence-corrected chi connectivity index (χ0v) is 12.5. The molecule has 0 saturated carbocycles. The molecule has 108 valence electrons. The summed E-state index contributed by atoms with van der Waals surface area (Å²) in [5.41, 5.74) is 0.704. The zero-order chi connectivity index (χ0) is 14.8. The van der Waals surface area contributed by atoms with Gasteiger partial charge in [-0.2, -0.15) is 0 Å². The lowest BCUT2D eigenvalue weighted by Crippen LogP contribution is -2.23. The van der Waals surface area contributed by atoms with Crippen molar-refractivity contribution in [2.24, 2.45) is 0 Å². The molecular formula is C16H16N2O2S. The molecular weight excluding hydrogens is 284 g/mol. The van der Waals surface area contributed by atoms with Crippen LogP contribution in [-0.2, 0) is 13.0 Å². The molecule has 3 aromatic rings. The van der Waals surface area contributed by atoms with Crippen molar-refractivity contribution in [3.8, 4) is 0 Å². The van der Waals surface area contributed by atoms with E-state index in [9.17, 15) is 9.90 Å². The average Bonchev–Trinajstić information content (AvgIpc) is 2.95. The van der Waals surface area contributed by atoms with Crippen molar-refractivity contribution >= 4 is 21.6 Å². The Morgan fingerprint density at radius 1 is 1.33 bits per heavy atom. The number of thiophene rings is 1. The van der Waals surface area contributed by atoms with E-state index in [2.05, 4.69) is 11.9 Å². The predicted octanol–water partition coefficient (Wildman–Crippen LogP) is 2.75. The van der Waals surface area contributed by atoms with E-state index in [0.29, 0.717) is 5.39 Å². The van der Waals surface area contributed by atoms with Crippen LogP contribution in [0.25, 0.3) is 10.2 Å². The molecule has 21 heavy (non-hydrogen) atoms. The molecule has 0 spiro atoms. The molecule has 0 fully saturated rings. The fraction of sp³-hybridized carbons (Fsp3) is 0.250. The van der Waals surface area contributed by atoms with Crippen molar-refractivity contribution in [3.63, 3.8) is 0 Å². The van der Waals surface area contributed by atoms with Crippen molar-refractivity contribution in [1.29, 1.82) is 0 Å². The van der Waals surface area contributed by atoms with Crippen molar-refractivity contribution in [3.05, 3.63) is 63.5 Å². The van der Waals surface area contributed by atoms with E-state index in [0.717, 1.165) is 21.7 Å². The number of aryl methyl sites for hydroxylation is 1. The largest absolute Gasteiger partial charge is 0.387 e. The first-order valence-electron chi connectivity index (χ1n) is 6.90. The Morgan fingerprint density at radius 2 is 2.10 bits per heavy atom. The predicted molar refractivity (Wildman–Crippen MR) is 84.7 cm³/mol. The normalized spacial score (nSPS) is 12.7. The molecule has 0 bridgehead atoms. The minimum absolute atomic E-state index is 0.0917. The smallest absolute Gasteiger partial charge is 0.262 e. The van der Waals surface area contributed by atoms with Gasteiger partial charge in [0.1, 0.15) is 4.83 Å². The zero-order valence-electron chi connectivity index (χ0n) is 11.7. The third-order valence-electron chi connectivity index (χ3n) is 3.47. The third-order valence-corrected chi connectivity index (χ3v) is 4.66. The number of aliphatic hydroxyl groups is 1. The third kappa shape index (κ3) is 2.75. The van der Waals surface area contributed by atoms with E-state index in [-0.39, 0.29) is 12.1 Å². The molecule has 0 amide bonds. The van der Waals surface area contributed by atoms with Crippen LogP contribution in [0, 0.1) is 0 Å². The topological polar surface area (TPSA) is 55.1 Å². The summed E-state index contributed by atoms with van der Waals surface area (Å²) in [5, 5.41) is 10.9. The lowest BCUT2D eigenvalue weighted by molar-refractivity contribution is 0.155. The summed E-state index contributed by atoms with van der Waals surface area (Å²) < 4.78 is 1.48. The number of fused-ring (bicyclic) bond motifs is 1. The van der Waals surface area contributed by atoms with Gasteiger partial charge < -0.3 is 5.11 Å². The number of aliphatic hydroxyl groups excluding tert-OH is 1. The van der Waals surface area contributed by atoms with Gasteiger partial charge in [0.25, 0.3) is 5.56 Å². The summed E-state index contributed by atoms with van der Waals surface area (Å²) in [4.78, 5) is 18.7. The van der Waals surface area contributed by atoms with Gasteiger partial charge in [0.15, 0.2) is 0 Å². The number of benzene rings is 1. The quantitative estimate of drug-likeness (QED) is 0.806. The van der Waals surface area contributed by atoms with Gasteiger partial charge >= 0.3 is 0 Å². The van der Waals surface area contributed by atoms with Crippen LogP contribution in [0.2, 0.25) is 0 Å². The first kappa shape index (κ1) is 14.0. The fourth-order valence-electron chi connectivity index (χ4n) is 2.28. The molecule has 0 aliphatic heterocycles. The van der Waals surface area contributed by atoms with Crippen molar-refractivity contribution in [2.45, 2.75) is 26.0 Å². The maximum Gasteiger partial charge on any atom is 0.262 e. The van der Waals surface area contributed by atoms with Gasteiger partial charge in [-0.1, -0.05) is 37.3 Å². The van der Waals surface area contributed by atoms with Gasteiger partial charge in [0.05, 0.1) is 24.4 Å². The van der Waals surface area contributed by atoms with Crippen LogP contribution in [0.5, 0.6) is 0 Å². The number of nitrogens with zero attached hydrogens (tertiary/aromatic N) is 2. The summed E-state index contributed by atoms with van der Waals surface area (Å²) >= 11 is 1.55. The van der Waals surface area contributed by atoms with Crippen molar-refractivity contribution in [1.82, 2.24) is 9.55 Å². The van der Waals surface area contributed by atoms with Crippen LogP contribution in [0.4, 0.5) is 0 Å². The van der Waals surface area contributed by atoms with Gasteiger partial charge in [-0.25, -0.2) is 4.98 Å². The fourth-order valence-corrected chi connectivity index (χ4v) is 3.21. The monoisotopic (exact) mass is 300 g/mol. The van der Waals surface area contributed by atoms with Gasteiger partial charge in [-0.3, -0.25) is 9.36 Å². The second-order valence-electron chi connectivity index (χ2n) is 4.91. The Labute approximate surface area is 126 Å². The highest BCUT2D eigenvalue weighted by atomic mass is 32.1. The van der Waals surface area contributed by atoms with Gasteiger partial charge in [0, 0.05) is 4.88 Å². The number of rotatable bonds is 4. The van der Waals surface area contributed by atoms with Gasteiger partial charge in [0.2, 0.25) is 0 Å². The Hall–Kier alpha value is -1.98. The summed E-state index contributed by atoms with van der Waals surface area (Å²) in [5.74, 6) is 0. The lowest BCUT2D eigenvalue weighted by Gasteiger charge is -2.12. The highest BCUT2D eigenvalue weighted by molar-refractivity contribution is 7.18. The lowest BCUT2D eigenvalue weighted by atomic mass is 10.1. The SMILES string of the molecule is CCc1cc2c(=O)n(C[C@H](O)c3ccccc3)cnc2s1. The molecule has 2 heterocycles. The number of hydrogen-bond acceptors (Lipinski definition) is 4. The highest BCUT2D eigenvalue weighted by Crippen LogP contribution is 2.21. The first-order valence-corrected chi connectivity index (χ1v) is 7.71. The van der Waals surface area contributed by atoms with Crippen LogP contribution < -0.4 is 5.56 Å². The standard InChI is InChI=1S/C16H16N2O2S/c1-2-12-8-13-15(21-12)17-10-18(16(13)20)9-14(19)11-6-4-3-5-7-11/h3-8,10,14,19H,2,9H2,1H3/t14-/m0/s1. The molecule has 3 rings (SSSR count). The number of hydrogen-bond donors (Lipinski definition) is 1. The summed E-state index contributed by atoms with van der Waals surface area (Å²) in [6, 6.07) is 11.2. The van der Waals surface area contributed by atoms with Crippen LogP contribution in [0.15, 0.2) is 47.5 Å². The van der Waals surface area contributed by atoms with Crippen LogP contribution >= 0.6 is 11.3 Å². The molecule has 4 nitrogen and oxygen atoms in total. The Balaban J connectivity index is 1.94. The molecule has 0 saturated heterocycles. The molecule has 0 aliphatic rings. The molecule has 1 atom stereocenters. The van der Waals surface area contributed by atoms with Crippen LogP contribution in [0.1, 0.15) is 23.5 Å². The van der Waals surface area contributed by atoms with E-state index in [1.165, 1.54) is 10.9 Å². The molecule has 2 aromatic heterocycles. The van der Waals surface area contributed by atoms with E-state index in [1.807, 2.05) is 36.4 Å². The van der Waals surface area contributed by atoms with E-state index in [4.69, 9.17) is 0 Å². The number of aromatic nitrogens is 2. The molecule has 5 heteroatoms. The van der Waals surface area contributed by atoms with E-state index >= 15 is 0 Å². The summed E-state index contributed by atoms with van der Waals surface area (Å²) in [6.45, 7) is 2.27. The van der Waals surface area contributed by atoms with Crippen molar-refractivity contribution in [2.75, 3.05) is 0 Å². The molecule has 0 unspecified atom stereocenters. The average molecular weight is 300 g/mol. The summed E-state index contributed by atoms with van der Waals surface area (Å²) in [7, 11) is 0. The molecule has 0 radical (unpaired) electrons. The van der Waals surface area contributed by atoms with Gasteiger partial charge in [-0.05, 0) is 18.1 Å². The van der Waals surface area contributed by atoms with E-state index in [1.54, 1.807) is 11.3 Å². The Kier molecular flexibility index (Phi) is 3.86. The molecule has 1 aromatic carbocycles. The van der Waals surface area contributed by atoms with E-state index < -0.39 is 6.10 Å². The maximum atomic E-state index is 12.4. The maximum absolute atomic E-state index is 12.4. The minimum Gasteiger partial charge on any atom is -0.387 e. The molecule has 1 N–H and O–H groups in total. The Bertz CT molecular complexity index is 808. The van der Waals surface area contributed by atoms with Crippen LogP contribution in [0.3, 0.4) is 0 Å².